The van der Waals surface area contributed by atoms with Crippen molar-refractivity contribution < 1.29 is 19.1 Å². The second-order valence-corrected chi connectivity index (χ2v) is 4.88. The number of hydrogen-bond acceptors (Lipinski definition) is 5. The number of carbonyl (C=O) groups excluding carboxylic acids is 3. The second kappa shape index (κ2) is 6.36. The topological polar surface area (TPSA) is 125 Å². The summed E-state index contributed by atoms with van der Waals surface area (Å²) in [5, 5.41) is 1.82. The third-order valence-corrected chi connectivity index (χ3v) is 2.81. The molecule has 1 rings (SSSR count). The maximum atomic E-state index is 11.8. The zero-order valence-electron chi connectivity index (χ0n) is 9.98. The molecular weight excluding hydrogens is 365 g/mol. The van der Waals surface area contributed by atoms with Crippen LogP contribution in [0, 0.1) is 3.57 Å². The number of rotatable bonds is 3. The number of nitrogen functional groups attached to an aromatic ring is 1. The van der Waals surface area contributed by atoms with Gasteiger partial charge in [0.15, 0.2) is 6.10 Å². The van der Waals surface area contributed by atoms with Crippen LogP contribution >= 0.6 is 22.6 Å². The van der Waals surface area contributed by atoms with Crippen molar-refractivity contribution in [1.29, 1.82) is 0 Å². The molecule has 3 amide bonds. The van der Waals surface area contributed by atoms with Crippen molar-refractivity contribution in [3.8, 4) is 0 Å². The van der Waals surface area contributed by atoms with E-state index in [1.54, 1.807) is 12.1 Å². The Balaban J connectivity index is 2.77. The van der Waals surface area contributed by atoms with Gasteiger partial charge in [-0.1, -0.05) is 0 Å². The fourth-order valence-corrected chi connectivity index (χ4v) is 1.70. The third kappa shape index (κ3) is 4.39. The minimum Gasteiger partial charge on any atom is -0.449 e. The molecule has 0 radical (unpaired) electrons. The highest BCUT2D eigenvalue weighted by atomic mass is 127. The van der Waals surface area contributed by atoms with Crippen molar-refractivity contribution in [1.82, 2.24) is 5.32 Å². The molecule has 0 aliphatic rings. The number of urea groups is 1. The number of carbonyl (C=O) groups is 3. The van der Waals surface area contributed by atoms with Crippen LogP contribution in [0.5, 0.6) is 0 Å². The van der Waals surface area contributed by atoms with Gasteiger partial charge in [0.2, 0.25) is 0 Å². The van der Waals surface area contributed by atoms with Gasteiger partial charge in [-0.15, -0.1) is 0 Å². The Labute approximate surface area is 122 Å². The van der Waals surface area contributed by atoms with Crippen LogP contribution in [0.3, 0.4) is 0 Å². The van der Waals surface area contributed by atoms with Crippen LogP contribution < -0.4 is 16.8 Å². The fraction of sp³-hybridized carbons (Fsp3) is 0.182. The van der Waals surface area contributed by atoms with E-state index in [9.17, 15) is 14.4 Å². The van der Waals surface area contributed by atoms with E-state index in [4.69, 9.17) is 16.2 Å². The molecule has 5 N–H and O–H groups in total. The minimum atomic E-state index is -1.16. The van der Waals surface area contributed by atoms with Gasteiger partial charge in [-0.3, -0.25) is 10.1 Å². The third-order valence-electron chi connectivity index (χ3n) is 2.13. The molecule has 0 bridgehead atoms. The Kier molecular flexibility index (Phi) is 5.10. The quantitative estimate of drug-likeness (QED) is 0.405. The van der Waals surface area contributed by atoms with Gasteiger partial charge in [0.1, 0.15) is 0 Å². The van der Waals surface area contributed by atoms with Crippen molar-refractivity contribution in [3.63, 3.8) is 0 Å². The Morgan fingerprint density at radius 3 is 2.58 bits per heavy atom. The van der Waals surface area contributed by atoms with E-state index in [-0.39, 0.29) is 11.3 Å². The van der Waals surface area contributed by atoms with E-state index in [1.165, 1.54) is 13.0 Å². The molecule has 0 spiro atoms. The zero-order valence-corrected chi connectivity index (χ0v) is 12.1. The predicted octanol–water partition coefficient (Wildman–Crippen LogP) is 0.614. The number of nitrogens with two attached hydrogens (primary N) is 2. The maximum absolute atomic E-state index is 11.8. The molecule has 0 saturated carbocycles. The van der Waals surface area contributed by atoms with Crippen molar-refractivity contribution in [2.24, 2.45) is 5.73 Å². The molecule has 0 heterocycles. The van der Waals surface area contributed by atoms with Crippen molar-refractivity contribution >= 4 is 46.2 Å². The number of halogens is 1. The molecule has 7 nitrogen and oxygen atoms in total. The summed E-state index contributed by atoms with van der Waals surface area (Å²) < 4.78 is 5.69. The summed E-state index contributed by atoms with van der Waals surface area (Å²) in [7, 11) is 0. The van der Waals surface area contributed by atoms with E-state index < -0.39 is 24.0 Å². The standard InChI is InChI=1S/C11H12IN3O4/c1-5(9(16)15-11(14)18)19-10(17)7-4-6(12)2-3-8(7)13/h2-5H,13H2,1H3,(H3,14,15,16,18)/t5-/m1/s1. The molecule has 0 aliphatic heterocycles. The average Bonchev–Trinajstić information content (AvgIpc) is 2.31. The first kappa shape index (κ1) is 15.2. The molecular formula is C11H12IN3O4. The number of anilines is 1. The van der Waals surface area contributed by atoms with Crippen LogP contribution in [0.2, 0.25) is 0 Å². The van der Waals surface area contributed by atoms with E-state index in [1.807, 2.05) is 27.9 Å². The van der Waals surface area contributed by atoms with Crippen molar-refractivity contribution in [3.05, 3.63) is 27.3 Å². The largest absolute Gasteiger partial charge is 0.449 e. The van der Waals surface area contributed by atoms with Gasteiger partial charge >= 0.3 is 12.0 Å². The fourth-order valence-electron chi connectivity index (χ4n) is 1.21. The molecule has 1 atom stereocenters. The van der Waals surface area contributed by atoms with Gasteiger partial charge in [-0.05, 0) is 47.7 Å². The van der Waals surface area contributed by atoms with Gasteiger partial charge in [0, 0.05) is 9.26 Å². The molecule has 1 aromatic rings. The number of benzene rings is 1. The van der Waals surface area contributed by atoms with Gasteiger partial charge in [-0.2, -0.15) is 0 Å². The van der Waals surface area contributed by atoms with Gasteiger partial charge in [-0.25, -0.2) is 9.59 Å². The average molecular weight is 377 g/mol. The number of hydrogen-bond donors (Lipinski definition) is 3. The normalized spacial score (nSPS) is 11.5. The van der Waals surface area contributed by atoms with Crippen molar-refractivity contribution in [2.45, 2.75) is 13.0 Å². The lowest BCUT2D eigenvalue weighted by Crippen LogP contribution is -2.42. The Morgan fingerprint density at radius 2 is 2.00 bits per heavy atom. The van der Waals surface area contributed by atoms with Gasteiger partial charge in [0.05, 0.1) is 5.56 Å². The van der Waals surface area contributed by atoms with Crippen LogP contribution in [0.15, 0.2) is 18.2 Å². The molecule has 0 aliphatic carbocycles. The van der Waals surface area contributed by atoms with Crippen LogP contribution in [0.1, 0.15) is 17.3 Å². The van der Waals surface area contributed by atoms with Crippen molar-refractivity contribution in [2.75, 3.05) is 5.73 Å². The first-order chi connectivity index (χ1) is 8.81. The molecule has 0 aromatic heterocycles. The molecule has 1 aromatic carbocycles. The Bertz CT molecular complexity index is 533. The first-order valence-electron chi connectivity index (χ1n) is 5.17. The number of imide groups is 1. The molecule has 0 unspecified atom stereocenters. The lowest BCUT2D eigenvalue weighted by Gasteiger charge is -2.13. The summed E-state index contributed by atoms with van der Waals surface area (Å²) in [5.74, 6) is -1.55. The number of amides is 3. The second-order valence-electron chi connectivity index (χ2n) is 3.63. The highest BCUT2D eigenvalue weighted by Crippen LogP contribution is 2.17. The zero-order chi connectivity index (χ0) is 14.6. The lowest BCUT2D eigenvalue weighted by atomic mass is 10.2. The lowest BCUT2D eigenvalue weighted by molar-refractivity contribution is -0.127. The SMILES string of the molecule is C[C@@H](OC(=O)c1cc(I)ccc1N)C(=O)NC(N)=O. The molecule has 8 heteroatoms. The Morgan fingerprint density at radius 1 is 1.37 bits per heavy atom. The highest BCUT2D eigenvalue weighted by molar-refractivity contribution is 14.1. The smallest absolute Gasteiger partial charge is 0.341 e. The van der Waals surface area contributed by atoms with Crippen LogP contribution in [-0.2, 0) is 9.53 Å². The summed E-state index contributed by atoms with van der Waals surface area (Å²) in [6.07, 6.45) is -1.16. The van der Waals surface area contributed by atoms with Gasteiger partial charge < -0.3 is 16.2 Å². The monoisotopic (exact) mass is 377 g/mol. The first-order valence-corrected chi connectivity index (χ1v) is 6.25. The van der Waals surface area contributed by atoms with E-state index in [0.29, 0.717) is 0 Å². The molecule has 0 saturated heterocycles. The van der Waals surface area contributed by atoms with Crippen LogP contribution in [0.25, 0.3) is 0 Å². The summed E-state index contributed by atoms with van der Waals surface area (Å²) in [6, 6.07) is 3.82. The number of esters is 1. The Hall–Kier alpha value is -1.84. The highest BCUT2D eigenvalue weighted by Gasteiger charge is 2.21. The summed E-state index contributed by atoms with van der Waals surface area (Å²) >= 11 is 2.01. The molecule has 19 heavy (non-hydrogen) atoms. The van der Waals surface area contributed by atoms with Gasteiger partial charge in [0.25, 0.3) is 5.91 Å². The minimum absolute atomic E-state index is 0.158. The molecule has 0 fully saturated rings. The predicted molar refractivity (Wildman–Crippen MR) is 76.2 cm³/mol. The van der Waals surface area contributed by atoms with E-state index >= 15 is 0 Å². The molecule has 102 valence electrons. The number of nitrogens with one attached hydrogen (secondary N) is 1. The van der Waals surface area contributed by atoms with E-state index in [2.05, 4.69) is 0 Å². The van der Waals surface area contributed by atoms with Crippen LogP contribution in [-0.4, -0.2) is 24.0 Å². The number of ether oxygens (including phenoxy) is 1. The summed E-state index contributed by atoms with van der Waals surface area (Å²) in [5.41, 5.74) is 10.8. The summed E-state index contributed by atoms with van der Waals surface area (Å²) in [4.78, 5) is 33.7. The summed E-state index contributed by atoms with van der Waals surface area (Å²) in [6.45, 7) is 1.32. The van der Waals surface area contributed by atoms with Crippen LogP contribution in [0.4, 0.5) is 10.5 Å². The maximum Gasteiger partial charge on any atom is 0.341 e. The van der Waals surface area contributed by atoms with E-state index in [0.717, 1.165) is 3.57 Å². The number of primary amides is 1.